The van der Waals surface area contributed by atoms with Crippen molar-refractivity contribution in [1.82, 2.24) is 14.9 Å². The minimum Gasteiger partial charge on any atom is -0.497 e. The van der Waals surface area contributed by atoms with Crippen LogP contribution >= 0.6 is 11.6 Å². The molecule has 0 atom stereocenters. The number of nitrogens with one attached hydrogen (secondary N) is 1. The van der Waals surface area contributed by atoms with Gasteiger partial charge in [-0.25, -0.2) is 4.98 Å². The van der Waals surface area contributed by atoms with Crippen LogP contribution in [0.1, 0.15) is 40.2 Å². The molecule has 0 saturated carbocycles. The molecule has 3 aromatic carbocycles. The number of fused-ring (bicyclic) bond motifs is 1. The van der Waals surface area contributed by atoms with E-state index in [1.165, 1.54) is 0 Å². The molecule has 1 N–H and O–H groups in total. The molecule has 188 valence electrons. The second-order valence-corrected chi connectivity index (χ2v) is 9.21. The van der Waals surface area contributed by atoms with Crippen LogP contribution in [0.5, 0.6) is 11.5 Å². The number of carbonyl (C=O) groups is 1. The molecule has 7 heteroatoms. The third-order valence-corrected chi connectivity index (χ3v) is 6.73. The molecule has 0 unspecified atom stereocenters. The summed E-state index contributed by atoms with van der Waals surface area (Å²) >= 11 is 6.27. The Morgan fingerprint density at radius 1 is 1.00 bits per heavy atom. The molecular formula is C29H32ClN3O3. The number of halogens is 1. The number of methoxy groups -OCH3 is 1. The Balaban J connectivity index is 1.33. The summed E-state index contributed by atoms with van der Waals surface area (Å²) in [6.07, 6.45) is 2.41. The average molecular weight is 506 g/mol. The van der Waals surface area contributed by atoms with Gasteiger partial charge < -0.3 is 19.4 Å². The fourth-order valence-corrected chi connectivity index (χ4v) is 4.39. The van der Waals surface area contributed by atoms with Crippen LogP contribution in [0.4, 0.5) is 0 Å². The fraction of sp³-hybridized carbons (Fsp3) is 0.310. The maximum absolute atomic E-state index is 12.5. The molecule has 0 aliphatic rings. The Hall–Kier alpha value is -3.51. The van der Waals surface area contributed by atoms with Gasteiger partial charge in [-0.3, -0.25) is 4.79 Å². The van der Waals surface area contributed by atoms with Crippen molar-refractivity contribution in [2.45, 2.75) is 39.7 Å². The lowest BCUT2D eigenvalue weighted by atomic mass is 10.1. The summed E-state index contributed by atoms with van der Waals surface area (Å²) in [5.41, 5.74) is 4.73. The monoisotopic (exact) mass is 505 g/mol. The van der Waals surface area contributed by atoms with Crippen molar-refractivity contribution in [2.24, 2.45) is 0 Å². The number of aryl methyl sites for hydroxylation is 4. The molecule has 6 nitrogen and oxygen atoms in total. The molecule has 4 rings (SSSR count). The van der Waals surface area contributed by atoms with E-state index in [-0.39, 0.29) is 5.91 Å². The largest absolute Gasteiger partial charge is 0.497 e. The molecule has 0 bridgehead atoms. The third kappa shape index (κ3) is 6.18. The van der Waals surface area contributed by atoms with Crippen LogP contribution in [0, 0.1) is 13.8 Å². The highest BCUT2D eigenvalue weighted by atomic mass is 35.5. The zero-order valence-corrected chi connectivity index (χ0v) is 21.8. The topological polar surface area (TPSA) is 65.4 Å². The van der Waals surface area contributed by atoms with Crippen LogP contribution < -0.4 is 14.8 Å². The highest BCUT2D eigenvalue weighted by Crippen LogP contribution is 2.26. The van der Waals surface area contributed by atoms with E-state index in [9.17, 15) is 4.79 Å². The number of imidazole rings is 1. The van der Waals surface area contributed by atoms with Gasteiger partial charge in [0.2, 0.25) is 0 Å². The molecule has 1 aromatic heterocycles. The van der Waals surface area contributed by atoms with Gasteiger partial charge in [0.1, 0.15) is 17.3 Å². The summed E-state index contributed by atoms with van der Waals surface area (Å²) in [6.45, 7) is 5.95. The maximum Gasteiger partial charge on any atom is 0.251 e. The minimum atomic E-state index is -0.104. The average Bonchev–Trinajstić information content (AvgIpc) is 3.24. The predicted octanol–water partition coefficient (Wildman–Crippen LogP) is 6.15. The van der Waals surface area contributed by atoms with Gasteiger partial charge in [0.05, 0.1) is 24.8 Å². The van der Waals surface area contributed by atoms with E-state index in [0.29, 0.717) is 24.5 Å². The van der Waals surface area contributed by atoms with Gasteiger partial charge >= 0.3 is 0 Å². The van der Waals surface area contributed by atoms with Crippen LogP contribution in [-0.4, -0.2) is 35.7 Å². The molecule has 4 aromatic rings. The van der Waals surface area contributed by atoms with Crippen molar-refractivity contribution in [3.8, 4) is 11.5 Å². The summed E-state index contributed by atoms with van der Waals surface area (Å²) in [5, 5.41) is 3.78. The molecule has 0 aliphatic carbocycles. The number of hydrogen-bond acceptors (Lipinski definition) is 4. The van der Waals surface area contributed by atoms with Crippen molar-refractivity contribution in [1.29, 1.82) is 0 Å². The highest BCUT2D eigenvalue weighted by Gasteiger charge is 2.12. The zero-order valence-electron chi connectivity index (χ0n) is 21.0. The summed E-state index contributed by atoms with van der Waals surface area (Å²) in [6, 6.07) is 19.3. The highest BCUT2D eigenvalue weighted by molar-refractivity contribution is 6.32. The lowest BCUT2D eigenvalue weighted by Gasteiger charge is -2.12. The quantitative estimate of drug-likeness (QED) is 0.248. The van der Waals surface area contributed by atoms with Crippen LogP contribution in [0.3, 0.4) is 0 Å². The smallest absolute Gasteiger partial charge is 0.251 e. The molecule has 0 spiro atoms. The Bertz CT molecular complexity index is 1330. The lowest BCUT2D eigenvalue weighted by molar-refractivity contribution is 0.0952. The molecule has 36 heavy (non-hydrogen) atoms. The number of carbonyl (C=O) groups excluding carboxylic acids is 1. The van der Waals surface area contributed by atoms with Gasteiger partial charge in [-0.15, -0.1) is 0 Å². The maximum atomic E-state index is 12.5. The molecular weight excluding hydrogens is 474 g/mol. The number of rotatable bonds is 11. The number of nitrogens with zero attached hydrogens (tertiary/aromatic N) is 2. The molecule has 0 saturated heterocycles. The number of ether oxygens (including phenoxy) is 2. The number of hydrogen-bond donors (Lipinski definition) is 1. The predicted molar refractivity (Wildman–Crippen MR) is 144 cm³/mol. The molecule has 0 radical (unpaired) electrons. The number of amides is 1. The van der Waals surface area contributed by atoms with E-state index in [1.807, 2.05) is 56.3 Å². The number of para-hydroxylation sites is 2. The van der Waals surface area contributed by atoms with E-state index in [2.05, 4.69) is 16.0 Å². The van der Waals surface area contributed by atoms with E-state index in [1.54, 1.807) is 19.2 Å². The van der Waals surface area contributed by atoms with Crippen LogP contribution in [0.15, 0.2) is 60.7 Å². The first-order valence-electron chi connectivity index (χ1n) is 12.2. The third-order valence-electron chi connectivity index (χ3n) is 6.13. The van der Waals surface area contributed by atoms with Gasteiger partial charge in [-0.1, -0.05) is 29.8 Å². The Morgan fingerprint density at radius 2 is 1.78 bits per heavy atom. The van der Waals surface area contributed by atoms with Crippen LogP contribution in [-0.2, 0) is 13.0 Å². The summed E-state index contributed by atoms with van der Waals surface area (Å²) in [4.78, 5) is 17.3. The summed E-state index contributed by atoms with van der Waals surface area (Å²) in [7, 11) is 1.59. The second-order valence-electron chi connectivity index (χ2n) is 8.83. The van der Waals surface area contributed by atoms with E-state index in [0.717, 1.165) is 64.6 Å². The molecule has 0 aliphatic heterocycles. The molecule has 1 amide bonds. The zero-order chi connectivity index (χ0) is 25.5. The van der Waals surface area contributed by atoms with Crippen LogP contribution in [0.25, 0.3) is 11.0 Å². The first-order chi connectivity index (χ1) is 17.5. The van der Waals surface area contributed by atoms with Crippen molar-refractivity contribution in [2.75, 3.05) is 20.3 Å². The van der Waals surface area contributed by atoms with E-state index < -0.39 is 0 Å². The summed E-state index contributed by atoms with van der Waals surface area (Å²) < 4.78 is 13.5. The second kappa shape index (κ2) is 12.0. The van der Waals surface area contributed by atoms with Gasteiger partial charge in [0.25, 0.3) is 5.91 Å². The Labute approximate surface area is 217 Å². The SMILES string of the molecule is COc1cccc(C(=O)NCCCc2nc3ccccc3n2CCCOc2cc(C)c(Cl)c(C)c2)c1. The van der Waals surface area contributed by atoms with Crippen molar-refractivity contribution in [3.05, 3.63) is 88.2 Å². The van der Waals surface area contributed by atoms with E-state index >= 15 is 0 Å². The molecule has 1 heterocycles. The van der Waals surface area contributed by atoms with Crippen molar-refractivity contribution in [3.63, 3.8) is 0 Å². The van der Waals surface area contributed by atoms with Crippen LogP contribution in [0.2, 0.25) is 5.02 Å². The fourth-order valence-electron chi connectivity index (χ4n) is 4.28. The normalized spacial score (nSPS) is 11.0. The van der Waals surface area contributed by atoms with Gasteiger partial charge in [0.15, 0.2) is 0 Å². The van der Waals surface area contributed by atoms with E-state index in [4.69, 9.17) is 26.1 Å². The Kier molecular flexibility index (Phi) is 8.49. The molecule has 0 fully saturated rings. The summed E-state index contributed by atoms with van der Waals surface area (Å²) in [5.74, 6) is 2.43. The lowest BCUT2D eigenvalue weighted by Crippen LogP contribution is -2.25. The number of benzene rings is 3. The first kappa shape index (κ1) is 25.6. The van der Waals surface area contributed by atoms with Gasteiger partial charge in [-0.2, -0.15) is 0 Å². The number of aromatic nitrogens is 2. The van der Waals surface area contributed by atoms with Crippen molar-refractivity contribution < 1.29 is 14.3 Å². The van der Waals surface area contributed by atoms with Crippen molar-refractivity contribution >= 4 is 28.5 Å². The first-order valence-corrected chi connectivity index (χ1v) is 12.6. The standard InChI is InChI=1S/C29H32ClN3O3/c1-20-17-24(18-21(2)28(20)30)36-16-8-15-33-26-12-5-4-11-25(26)32-27(33)13-7-14-31-29(34)22-9-6-10-23(19-22)35-3/h4-6,9-12,17-19H,7-8,13-16H2,1-3H3,(H,31,34). The van der Waals surface area contributed by atoms with Gasteiger partial charge in [0, 0.05) is 30.1 Å². The van der Waals surface area contributed by atoms with Gasteiger partial charge in [-0.05, 0) is 80.3 Å². The Morgan fingerprint density at radius 3 is 2.56 bits per heavy atom. The minimum absolute atomic E-state index is 0.104.